The summed E-state index contributed by atoms with van der Waals surface area (Å²) in [5.74, 6) is -2.90. The maximum atomic E-state index is 11.5. The van der Waals surface area contributed by atoms with Crippen LogP contribution in [0, 0.1) is 5.92 Å². The fourth-order valence-corrected chi connectivity index (χ4v) is 1.73. The van der Waals surface area contributed by atoms with E-state index >= 15 is 0 Å². The molecule has 0 aromatic carbocycles. The maximum Gasteiger partial charge on any atom is 0.323 e. The van der Waals surface area contributed by atoms with Crippen molar-refractivity contribution >= 4 is 27.9 Å². The number of cyclic esters (lactones) is 2. The molecule has 1 fully saturated rings. The molecule has 86 valence electrons. The Morgan fingerprint density at radius 1 is 1.33 bits per heavy atom. The number of hydrogen-bond acceptors (Lipinski definition) is 4. The van der Waals surface area contributed by atoms with E-state index < -0.39 is 23.6 Å². The van der Waals surface area contributed by atoms with Crippen LogP contribution in [0.15, 0.2) is 0 Å². The van der Waals surface area contributed by atoms with Crippen LogP contribution in [0.4, 0.5) is 0 Å². The van der Waals surface area contributed by atoms with Gasteiger partial charge in [0.05, 0.1) is 0 Å². The highest BCUT2D eigenvalue weighted by atomic mass is 79.9. The first-order valence-corrected chi connectivity index (χ1v) is 5.87. The number of ether oxygens (including phenoxy) is 2. The second-order valence-corrected chi connectivity index (χ2v) is 5.33. The van der Waals surface area contributed by atoms with Gasteiger partial charge < -0.3 is 9.47 Å². The van der Waals surface area contributed by atoms with Gasteiger partial charge in [-0.15, -0.1) is 0 Å². The van der Waals surface area contributed by atoms with Gasteiger partial charge in [-0.05, 0) is 12.8 Å². The number of rotatable bonds is 3. The molecule has 15 heavy (non-hydrogen) atoms. The van der Waals surface area contributed by atoms with Crippen LogP contribution in [0.3, 0.4) is 0 Å². The third kappa shape index (κ3) is 3.19. The second-order valence-electron chi connectivity index (χ2n) is 4.04. The molecular formula is C10H15BrO4. The molecule has 0 aliphatic carbocycles. The van der Waals surface area contributed by atoms with E-state index in [1.165, 1.54) is 0 Å². The minimum absolute atomic E-state index is 0.129. The Balaban J connectivity index is 2.67. The summed E-state index contributed by atoms with van der Waals surface area (Å²) in [6, 6.07) is 0. The van der Waals surface area contributed by atoms with Gasteiger partial charge in [-0.3, -0.25) is 9.59 Å². The Labute approximate surface area is 97.4 Å². The minimum atomic E-state index is -1.13. The van der Waals surface area contributed by atoms with Gasteiger partial charge in [0.2, 0.25) is 0 Å². The molecule has 4 nitrogen and oxygen atoms in total. The van der Waals surface area contributed by atoms with Crippen molar-refractivity contribution in [2.75, 3.05) is 0 Å². The smallest absolute Gasteiger partial charge is 0.323 e. The normalized spacial score (nSPS) is 23.2. The highest BCUT2D eigenvalue weighted by molar-refractivity contribution is 9.09. The predicted molar refractivity (Wildman–Crippen MR) is 57.4 cm³/mol. The molecule has 0 radical (unpaired) electrons. The van der Waals surface area contributed by atoms with Crippen molar-refractivity contribution in [3.63, 3.8) is 0 Å². The van der Waals surface area contributed by atoms with E-state index in [2.05, 4.69) is 15.9 Å². The van der Waals surface area contributed by atoms with Crippen LogP contribution in [0.25, 0.3) is 0 Å². The number of carbonyl (C=O) groups is 2. The van der Waals surface area contributed by atoms with Gasteiger partial charge in [0.25, 0.3) is 5.79 Å². The Hall–Kier alpha value is -0.580. The standard InChI is InChI=1S/C10H15BrO4/c1-4-6(11)5-7-8(12)14-10(2,3)15-9(7)13/h6-7H,4-5H2,1-3H3. The molecule has 1 heterocycles. The van der Waals surface area contributed by atoms with E-state index in [9.17, 15) is 9.59 Å². The van der Waals surface area contributed by atoms with E-state index in [1.807, 2.05) is 6.92 Å². The maximum absolute atomic E-state index is 11.5. The lowest BCUT2D eigenvalue weighted by Gasteiger charge is -2.33. The number of halogens is 1. The molecule has 1 aliphatic rings. The van der Waals surface area contributed by atoms with Crippen molar-refractivity contribution in [1.82, 2.24) is 0 Å². The minimum Gasteiger partial charge on any atom is -0.422 e. The van der Waals surface area contributed by atoms with Crippen LogP contribution in [0.1, 0.15) is 33.6 Å². The van der Waals surface area contributed by atoms with E-state index in [1.54, 1.807) is 13.8 Å². The summed E-state index contributed by atoms with van der Waals surface area (Å²) < 4.78 is 10.00. The highest BCUT2D eigenvalue weighted by Gasteiger charge is 2.43. The summed E-state index contributed by atoms with van der Waals surface area (Å²) in [6.45, 7) is 5.07. The first kappa shape index (κ1) is 12.5. The third-order valence-electron chi connectivity index (χ3n) is 2.20. The lowest BCUT2D eigenvalue weighted by molar-refractivity contribution is -0.240. The Kier molecular flexibility index (Phi) is 3.76. The monoisotopic (exact) mass is 278 g/mol. The van der Waals surface area contributed by atoms with E-state index in [4.69, 9.17) is 9.47 Å². The zero-order chi connectivity index (χ0) is 11.6. The van der Waals surface area contributed by atoms with Crippen LogP contribution in [-0.2, 0) is 19.1 Å². The molecule has 1 atom stereocenters. The fraction of sp³-hybridized carbons (Fsp3) is 0.800. The molecule has 1 unspecified atom stereocenters. The number of hydrogen-bond donors (Lipinski definition) is 0. The predicted octanol–water partition coefficient (Wildman–Crippen LogP) is 2.00. The zero-order valence-electron chi connectivity index (χ0n) is 9.08. The molecule has 0 aromatic rings. The van der Waals surface area contributed by atoms with E-state index in [0.29, 0.717) is 6.42 Å². The molecule has 1 rings (SSSR count). The molecule has 0 saturated carbocycles. The summed E-state index contributed by atoms with van der Waals surface area (Å²) in [5.41, 5.74) is 0. The lowest BCUT2D eigenvalue weighted by Crippen LogP contribution is -2.46. The SMILES string of the molecule is CCC(Br)CC1C(=O)OC(C)(C)OC1=O. The van der Waals surface area contributed by atoms with Gasteiger partial charge in [-0.25, -0.2) is 0 Å². The lowest BCUT2D eigenvalue weighted by atomic mass is 10.0. The number of esters is 2. The van der Waals surface area contributed by atoms with Gasteiger partial charge in [0.15, 0.2) is 5.92 Å². The summed E-state index contributed by atoms with van der Waals surface area (Å²) in [5, 5.41) is 0. The fourth-order valence-electron chi connectivity index (χ4n) is 1.36. The van der Waals surface area contributed by atoms with Crippen LogP contribution < -0.4 is 0 Å². The van der Waals surface area contributed by atoms with Crippen molar-refractivity contribution in [3.05, 3.63) is 0 Å². The van der Waals surface area contributed by atoms with Crippen molar-refractivity contribution in [3.8, 4) is 0 Å². The summed E-state index contributed by atoms with van der Waals surface area (Å²) in [7, 11) is 0. The molecule has 1 saturated heterocycles. The number of carbonyl (C=O) groups excluding carboxylic acids is 2. The van der Waals surface area contributed by atoms with Crippen molar-refractivity contribution in [1.29, 1.82) is 0 Å². The quantitative estimate of drug-likeness (QED) is 0.450. The highest BCUT2D eigenvalue weighted by Crippen LogP contribution is 2.27. The van der Waals surface area contributed by atoms with E-state index in [0.717, 1.165) is 6.42 Å². The van der Waals surface area contributed by atoms with Crippen molar-refractivity contribution in [2.45, 2.75) is 44.2 Å². The molecule has 0 amide bonds. The van der Waals surface area contributed by atoms with Gasteiger partial charge in [-0.1, -0.05) is 22.9 Å². The largest absolute Gasteiger partial charge is 0.422 e. The van der Waals surface area contributed by atoms with Crippen LogP contribution in [0.2, 0.25) is 0 Å². The van der Waals surface area contributed by atoms with Gasteiger partial charge in [0, 0.05) is 18.7 Å². The second kappa shape index (κ2) is 4.51. The van der Waals surface area contributed by atoms with Crippen LogP contribution in [0.5, 0.6) is 0 Å². The van der Waals surface area contributed by atoms with Crippen LogP contribution in [-0.4, -0.2) is 22.6 Å². The van der Waals surface area contributed by atoms with Gasteiger partial charge in [0.1, 0.15) is 0 Å². The Morgan fingerprint density at radius 3 is 2.20 bits per heavy atom. The first-order valence-electron chi connectivity index (χ1n) is 4.95. The van der Waals surface area contributed by atoms with Crippen LogP contribution >= 0.6 is 15.9 Å². The summed E-state index contributed by atoms with van der Waals surface area (Å²) in [4.78, 5) is 23.2. The third-order valence-corrected chi connectivity index (χ3v) is 3.22. The first-order chi connectivity index (χ1) is 6.85. The molecule has 5 heteroatoms. The zero-order valence-corrected chi connectivity index (χ0v) is 10.7. The van der Waals surface area contributed by atoms with Crippen molar-refractivity contribution in [2.24, 2.45) is 5.92 Å². The topological polar surface area (TPSA) is 52.6 Å². The molecule has 0 bridgehead atoms. The van der Waals surface area contributed by atoms with Crippen molar-refractivity contribution < 1.29 is 19.1 Å². The van der Waals surface area contributed by atoms with E-state index in [-0.39, 0.29) is 4.83 Å². The average Bonchev–Trinajstić information content (AvgIpc) is 2.09. The van der Waals surface area contributed by atoms with Gasteiger partial charge in [-0.2, -0.15) is 0 Å². The Morgan fingerprint density at radius 2 is 1.80 bits per heavy atom. The number of alkyl halides is 1. The molecule has 0 N–H and O–H groups in total. The average molecular weight is 279 g/mol. The molecule has 0 aromatic heterocycles. The Bertz CT molecular complexity index is 255. The molecule has 1 aliphatic heterocycles. The molecular weight excluding hydrogens is 264 g/mol. The summed E-state index contributed by atoms with van der Waals surface area (Å²) in [6.07, 6.45) is 1.27. The summed E-state index contributed by atoms with van der Waals surface area (Å²) >= 11 is 3.38. The molecule has 0 spiro atoms. The van der Waals surface area contributed by atoms with Gasteiger partial charge >= 0.3 is 11.9 Å².